The normalized spacial score (nSPS) is 16.0. The Morgan fingerprint density at radius 3 is 2.55 bits per heavy atom. The predicted molar refractivity (Wildman–Crippen MR) is 97.6 cm³/mol. The first-order valence-electron chi connectivity index (χ1n) is 7.91. The molecule has 0 bridgehead atoms. The summed E-state index contributed by atoms with van der Waals surface area (Å²) < 4.78 is 0. The van der Waals surface area contributed by atoms with Crippen molar-refractivity contribution in [2.45, 2.75) is 17.7 Å². The summed E-state index contributed by atoms with van der Waals surface area (Å²) >= 11 is 1.98. The van der Waals surface area contributed by atoms with E-state index >= 15 is 0 Å². The summed E-state index contributed by atoms with van der Waals surface area (Å²) in [5.74, 6) is 1.15. The van der Waals surface area contributed by atoms with Crippen molar-refractivity contribution in [3.8, 4) is 0 Å². The van der Waals surface area contributed by atoms with E-state index in [-0.39, 0.29) is 0 Å². The van der Waals surface area contributed by atoms with Crippen molar-refractivity contribution in [2.75, 3.05) is 26.4 Å². The molecule has 1 heterocycles. The molecule has 0 amide bonds. The lowest BCUT2D eigenvalue weighted by Crippen LogP contribution is -2.12. The highest BCUT2D eigenvalue weighted by atomic mass is 32.2. The first kappa shape index (κ1) is 15.4. The molecular formula is C20H23NS. The third kappa shape index (κ3) is 3.45. The molecule has 0 aliphatic carbocycles. The third-order valence-corrected chi connectivity index (χ3v) is 5.11. The molecule has 0 atom stereocenters. The molecule has 0 fully saturated rings. The van der Waals surface area contributed by atoms with Crippen LogP contribution in [-0.4, -0.2) is 31.3 Å². The van der Waals surface area contributed by atoms with Crippen LogP contribution in [0.3, 0.4) is 0 Å². The standard InChI is InChI=1S/C20H23NS/c1-21(2)14-7-11-18-17-9-4-3-8-16(17)13-15-22-20-12-6-5-10-19(18)20/h3-6,8-12H,7,13-15H2,1-2H3/b18-11+. The summed E-state index contributed by atoms with van der Waals surface area (Å²) in [5, 5.41) is 0. The van der Waals surface area contributed by atoms with Gasteiger partial charge in [-0.3, -0.25) is 0 Å². The Bertz CT molecular complexity index is 623. The van der Waals surface area contributed by atoms with Crippen molar-refractivity contribution >= 4 is 17.3 Å². The van der Waals surface area contributed by atoms with Crippen LogP contribution in [0.5, 0.6) is 0 Å². The number of hydrogen-bond donors (Lipinski definition) is 0. The van der Waals surface area contributed by atoms with Gasteiger partial charge in [0.2, 0.25) is 0 Å². The van der Waals surface area contributed by atoms with E-state index in [1.54, 1.807) is 0 Å². The zero-order valence-corrected chi connectivity index (χ0v) is 14.2. The number of benzene rings is 2. The Labute approximate surface area is 138 Å². The van der Waals surface area contributed by atoms with Gasteiger partial charge in [0.05, 0.1) is 0 Å². The number of rotatable bonds is 3. The second-order valence-corrected chi connectivity index (χ2v) is 7.10. The number of fused-ring (bicyclic) bond motifs is 2. The molecule has 3 rings (SSSR count). The second kappa shape index (κ2) is 7.17. The van der Waals surface area contributed by atoms with Crippen molar-refractivity contribution in [1.29, 1.82) is 0 Å². The van der Waals surface area contributed by atoms with E-state index in [0.717, 1.165) is 25.1 Å². The minimum absolute atomic E-state index is 1.08. The molecular weight excluding hydrogens is 286 g/mol. The van der Waals surface area contributed by atoms with E-state index < -0.39 is 0 Å². The quantitative estimate of drug-likeness (QED) is 0.807. The summed E-state index contributed by atoms with van der Waals surface area (Å²) in [6.07, 6.45) is 4.64. The van der Waals surface area contributed by atoms with Gasteiger partial charge < -0.3 is 4.90 Å². The van der Waals surface area contributed by atoms with Gasteiger partial charge in [0.1, 0.15) is 0 Å². The molecule has 22 heavy (non-hydrogen) atoms. The summed E-state index contributed by atoms with van der Waals surface area (Å²) in [5.41, 5.74) is 5.67. The molecule has 2 heteroatoms. The average molecular weight is 309 g/mol. The average Bonchev–Trinajstić information content (AvgIpc) is 2.51. The van der Waals surface area contributed by atoms with Crippen LogP contribution in [0.4, 0.5) is 0 Å². The maximum Gasteiger partial charge on any atom is 0.0151 e. The highest BCUT2D eigenvalue weighted by Crippen LogP contribution is 2.36. The van der Waals surface area contributed by atoms with Gasteiger partial charge in [-0.2, -0.15) is 0 Å². The van der Waals surface area contributed by atoms with Crippen LogP contribution < -0.4 is 0 Å². The van der Waals surface area contributed by atoms with Crippen LogP contribution in [-0.2, 0) is 6.42 Å². The molecule has 0 N–H and O–H groups in total. The van der Waals surface area contributed by atoms with Gasteiger partial charge in [0, 0.05) is 17.2 Å². The van der Waals surface area contributed by atoms with Crippen molar-refractivity contribution in [3.05, 3.63) is 71.3 Å². The van der Waals surface area contributed by atoms with Gasteiger partial charge in [-0.1, -0.05) is 48.5 Å². The largest absolute Gasteiger partial charge is 0.309 e. The Balaban J connectivity index is 2.08. The lowest BCUT2D eigenvalue weighted by molar-refractivity contribution is 0.417. The fraction of sp³-hybridized carbons (Fsp3) is 0.300. The minimum Gasteiger partial charge on any atom is -0.309 e. The SMILES string of the molecule is CN(C)CC/C=C1\c2ccccc2CCSc2ccccc21. The maximum atomic E-state index is 2.42. The number of thioether (sulfide) groups is 1. The van der Waals surface area contributed by atoms with Gasteiger partial charge in [-0.05, 0) is 55.3 Å². The highest BCUT2D eigenvalue weighted by Gasteiger charge is 2.16. The highest BCUT2D eigenvalue weighted by molar-refractivity contribution is 7.99. The summed E-state index contributed by atoms with van der Waals surface area (Å²) in [7, 11) is 4.27. The van der Waals surface area contributed by atoms with E-state index in [4.69, 9.17) is 0 Å². The third-order valence-electron chi connectivity index (χ3n) is 4.04. The minimum atomic E-state index is 1.08. The van der Waals surface area contributed by atoms with Gasteiger partial charge in [0.15, 0.2) is 0 Å². The van der Waals surface area contributed by atoms with Crippen LogP contribution >= 0.6 is 11.8 Å². The van der Waals surface area contributed by atoms with E-state index in [1.165, 1.54) is 27.2 Å². The van der Waals surface area contributed by atoms with Crippen LogP contribution in [0.25, 0.3) is 5.57 Å². The smallest absolute Gasteiger partial charge is 0.0151 e. The Morgan fingerprint density at radius 1 is 1.00 bits per heavy atom. The molecule has 1 nitrogen and oxygen atoms in total. The molecule has 0 saturated carbocycles. The summed E-state index contributed by atoms with van der Waals surface area (Å²) in [6, 6.07) is 17.7. The lowest BCUT2D eigenvalue weighted by atomic mass is 9.91. The molecule has 114 valence electrons. The fourth-order valence-corrected chi connectivity index (χ4v) is 3.97. The van der Waals surface area contributed by atoms with E-state index in [9.17, 15) is 0 Å². The van der Waals surface area contributed by atoms with Crippen LogP contribution in [0, 0.1) is 0 Å². The van der Waals surface area contributed by atoms with Crippen LogP contribution in [0.15, 0.2) is 59.5 Å². The molecule has 2 aromatic rings. The molecule has 1 aliphatic rings. The molecule has 1 aliphatic heterocycles. The zero-order valence-electron chi connectivity index (χ0n) is 13.4. The molecule has 0 saturated heterocycles. The Kier molecular flexibility index (Phi) is 5.01. The lowest BCUT2D eigenvalue weighted by Gasteiger charge is -2.20. The molecule has 0 spiro atoms. The Morgan fingerprint density at radius 2 is 1.73 bits per heavy atom. The van der Waals surface area contributed by atoms with Gasteiger partial charge in [-0.15, -0.1) is 11.8 Å². The van der Waals surface area contributed by atoms with Gasteiger partial charge >= 0.3 is 0 Å². The Hall–Kier alpha value is -1.51. The number of aryl methyl sites for hydroxylation is 1. The molecule has 0 radical (unpaired) electrons. The molecule has 0 unspecified atom stereocenters. The first-order chi connectivity index (χ1) is 10.8. The van der Waals surface area contributed by atoms with Crippen molar-refractivity contribution < 1.29 is 0 Å². The molecule has 2 aromatic carbocycles. The van der Waals surface area contributed by atoms with Crippen molar-refractivity contribution in [3.63, 3.8) is 0 Å². The topological polar surface area (TPSA) is 3.24 Å². The van der Waals surface area contributed by atoms with Crippen LogP contribution in [0.1, 0.15) is 23.1 Å². The van der Waals surface area contributed by atoms with Gasteiger partial charge in [-0.25, -0.2) is 0 Å². The summed E-state index contributed by atoms with van der Waals surface area (Å²) in [4.78, 5) is 3.65. The predicted octanol–water partition coefficient (Wildman–Crippen LogP) is 4.72. The van der Waals surface area contributed by atoms with E-state index in [2.05, 4.69) is 73.6 Å². The number of hydrogen-bond acceptors (Lipinski definition) is 2. The first-order valence-corrected chi connectivity index (χ1v) is 8.89. The van der Waals surface area contributed by atoms with Crippen molar-refractivity contribution in [1.82, 2.24) is 4.90 Å². The second-order valence-electron chi connectivity index (χ2n) is 5.96. The zero-order chi connectivity index (χ0) is 15.4. The van der Waals surface area contributed by atoms with Crippen molar-refractivity contribution in [2.24, 2.45) is 0 Å². The monoisotopic (exact) mass is 309 g/mol. The maximum absolute atomic E-state index is 2.42. The fourth-order valence-electron chi connectivity index (χ4n) is 2.92. The summed E-state index contributed by atoms with van der Waals surface area (Å²) in [6.45, 7) is 1.08. The number of nitrogens with zero attached hydrogens (tertiary/aromatic N) is 1. The van der Waals surface area contributed by atoms with E-state index in [0.29, 0.717) is 0 Å². The van der Waals surface area contributed by atoms with Gasteiger partial charge in [0.25, 0.3) is 0 Å². The van der Waals surface area contributed by atoms with E-state index in [1.807, 2.05) is 11.8 Å². The van der Waals surface area contributed by atoms with Crippen LogP contribution in [0.2, 0.25) is 0 Å². The molecule has 0 aromatic heterocycles.